The zero-order valence-corrected chi connectivity index (χ0v) is 21.8. The van der Waals surface area contributed by atoms with Crippen LogP contribution in [0.3, 0.4) is 0 Å². The highest BCUT2D eigenvalue weighted by Crippen LogP contribution is 2.28. The number of carbonyl (C=O) groups is 2. The predicted molar refractivity (Wildman–Crippen MR) is 143 cm³/mol. The Bertz CT molecular complexity index is 1560. The molecule has 3 aromatic rings. The minimum atomic E-state index is -3.14. The largest absolute Gasteiger partial charge is 0.366 e. The lowest BCUT2D eigenvalue weighted by Gasteiger charge is -2.28. The Labute approximate surface area is 224 Å². The summed E-state index contributed by atoms with van der Waals surface area (Å²) in [6.07, 6.45) is 5.69. The summed E-state index contributed by atoms with van der Waals surface area (Å²) in [5.74, 6) is -1.83. The second-order valence-electron chi connectivity index (χ2n) is 9.25. The quantitative estimate of drug-likeness (QED) is 0.327. The minimum Gasteiger partial charge on any atom is -0.366 e. The third kappa shape index (κ3) is 6.85. The monoisotopic (exact) mass is 551 g/mol. The lowest BCUT2D eigenvalue weighted by atomic mass is 9.94. The van der Waals surface area contributed by atoms with Crippen molar-refractivity contribution in [3.05, 3.63) is 71.3 Å². The Hall–Kier alpha value is -4.57. The summed E-state index contributed by atoms with van der Waals surface area (Å²) < 4.78 is 38.1. The molecule has 1 saturated carbocycles. The number of primary amides is 1. The summed E-state index contributed by atoms with van der Waals surface area (Å²) in [6, 6.07) is 10.5. The topological polar surface area (TPSA) is 180 Å². The van der Waals surface area contributed by atoms with Crippen molar-refractivity contribution in [1.82, 2.24) is 15.3 Å². The zero-order valence-electron chi connectivity index (χ0n) is 20.9. The molecule has 0 radical (unpaired) electrons. The number of pyridine rings is 2. The lowest BCUT2D eigenvalue weighted by molar-refractivity contribution is 0.0927. The van der Waals surface area contributed by atoms with E-state index in [4.69, 9.17) is 11.0 Å². The van der Waals surface area contributed by atoms with Crippen LogP contribution < -0.4 is 21.7 Å². The average molecular weight is 552 g/mol. The Balaban J connectivity index is 1.60. The van der Waals surface area contributed by atoms with E-state index in [-0.39, 0.29) is 34.4 Å². The maximum Gasteiger partial charge on any atom is 0.255 e. The number of nitrogens with two attached hydrogens (primary N) is 1. The Morgan fingerprint density at radius 2 is 1.82 bits per heavy atom. The molecule has 2 heterocycles. The van der Waals surface area contributed by atoms with Crippen LogP contribution in [0.15, 0.2) is 48.8 Å². The minimum absolute atomic E-state index is 0.0558. The molecule has 4 rings (SSSR count). The van der Waals surface area contributed by atoms with Crippen LogP contribution in [0.25, 0.3) is 0 Å². The van der Waals surface area contributed by atoms with E-state index in [0.29, 0.717) is 37.1 Å². The Kier molecular flexibility index (Phi) is 8.06. The molecule has 0 unspecified atom stereocenters. The van der Waals surface area contributed by atoms with Crippen LogP contribution in [0.5, 0.6) is 0 Å². The van der Waals surface area contributed by atoms with Gasteiger partial charge in [0.1, 0.15) is 21.7 Å². The van der Waals surface area contributed by atoms with Crippen LogP contribution in [0, 0.1) is 17.1 Å². The number of sulfone groups is 1. The third-order valence-electron chi connectivity index (χ3n) is 6.41. The fourth-order valence-corrected chi connectivity index (χ4v) is 5.45. The molecule has 1 fully saturated rings. The van der Waals surface area contributed by atoms with E-state index in [9.17, 15) is 22.4 Å². The second-order valence-corrected chi connectivity index (χ2v) is 11.6. The number of nitrogens with zero attached hydrogens (tertiary/aromatic N) is 3. The first-order chi connectivity index (χ1) is 18.5. The van der Waals surface area contributed by atoms with Crippen molar-refractivity contribution in [1.29, 1.82) is 5.26 Å². The van der Waals surface area contributed by atoms with Gasteiger partial charge < -0.3 is 21.7 Å². The van der Waals surface area contributed by atoms with Gasteiger partial charge in [0.2, 0.25) is 5.91 Å². The third-order valence-corrected chi connectivity index (χ3v) is 8.09. The van der Waals surface area contributed by atoms with Crippen LogP contribution >= 0.6 is 0 Å². The first kappa shape index (κ1) is 27.5. The number of benzene rings is 1. The van der Waals surface area contributed by atoms with E-state index in [1.54, 1.807) is 18.2 Å². The smallest absolute Gasteiger partial charge is 0.255 e. The number of nitriles is 1. The molecule has 0 bridgehead atoms. The van der Waals surface area contributed by atoms with Crippen molar-refractivity contribution >= 4 is 44.7 Å². The zero-order chi connectivity index (χ0) is 28.2. The molecule has 13 heteroatoms. The van der Waals surface area contributed by atoms with Gasteiger partial charge in [0.15, 0.2) is 11.6 Å². The van der Waals surface area contributed by atoms with E-state index in [0.717, 1.165) is 6.07 Å². The molecular weight excluding hydrogens is 525 g/mol. The molecule has 39 heavy (non-hydrogen) atoms. The number of carbonyl (C=O) groups excluding carboxylic acids is 2. The fourth-order valence-electron chi connectivity index (χ4n) is 4.32. The van der Waals surface area contributed by atoms with Crippen LogP contribution in [0.4, 0.5) is 27.4 Å². The predicted octanol–water partition coefficient (Wildman–Crippen LogP) is 3.16. The van der Waals surface area contributed by atoms with Gasteiger partial charge in [-0.3, -0.25) is 9.59 Å². The number of aromatic nitrogens is 2. The molecule has 11 nitrogen and oxygen atoms in total. The first-order valence-corrected chi connectivity index (χ1v) is 14.0. The molecule has 2 amide bonds. The number of amides is 2. The molecule has 5 N–H and O–H groups in total. The SMILES string of the molecule is CS(=O)(=O)C1CCC(NC(=O)c2cnc(Nc3ncc(C#N)cc3F)cc2Nc2cccc(C(N)=O)c2)CC1. The molecule has 2 aromatic heterocycles. The maximum absolute atomic E-state index is 14.4. The van der Waals surface area contributed by atoms with Gasteiger partial charge in [-0.05, 0) is 49.9 Å². The second kappa shape index (κ2) is 11.4. The van der Waals surface area contributed by atoms with Gasteiger partial charge in [0.25, 0.3) is 5.91 Å². The summed E-state index contributed by atoms with van der Waals surface area (Å²) in [4.78, 5) is 33.0. The van der Waals surface area contributed by atoms with E-state index < -0.39 is 32.7 Å². The highest BCUT2D eigenvalue weighted by Gasteiger charge is 2.29. The Morgan fingerprint density at radius 3 is 2.46 bits per heavy atom. The Morgan fingerprint density at radius 1 is 1.08 bits per heavy atom. The van der Waals surface area contributed by atoms with Gasteiger partial charge in [-0.2, -0.15) is 5.26 Å². The summed E-state index contributed by atoms with van der Waals surface area (Å²) in [6.45, 7) is 0. The normalized spacial score (nSPS) is 17.1. The number of halogens is 1. The van der Waals surface area contributed by atoms with Crippen molar-refractivity contribution in [2.75, 3.05) is 16.9 Å². The number of anilines is 4. The maximum atomic E-state index is 14.4. The number of nitrogens with one attached hydrogen (secondary N) is 3. The van der Waals surface area contributed by atoms with Crippen molar-refractivity contribution in [2.24, 2.45) is 5.73 Å². The van der Waals surface area contributed by atoms with Gasteiger partial charge in [-0.1, -0.05) is 6.07 Å². The first-order valence-electron chi connectivity index (χ1n) is 12.0. The van der Waals surface area contributed by atoms with Crippen LogP contribution in [-0.2, 0) is 9.84 Å². The van der Waals surface area contributed by atoms with E-state index >= 15 is 0 Å². The fraction of sp³-hybridized carbons (Fsp3) is 0.269. The highest BCUT2D eigenvalue weighted by molar-refractivity contribution is 7.91. The van der Waals surface area contributed by atoms with Crippen molar-refractivity contribution in [3.8, 4) is 6.07 Å². The highest BCUT2D eigenvalue weighted by atomic mass is 32.2. The van der Waals surface area contributed by atoms with E-state index in [1.165, 1.54) is 30.8 Å². The number of hydrogen-bond acceptors (Lipinski definition) is 9. The standard InChI is InChI=1S/C26H26FN7O4S/c1-39(37,38)19-7-5-17(6-8-19)33-26(36)20-14-30-23(34-25-21(27)9-15(12-28)13-31-25)11-22(20)32-18-4-2-3-16(10-18)24(29)35/h2-4,9-11,13-14,17,19H,5-8H2,1H3,(H2,29,35)(H,33,36)(H2,30,31,32,34). The van der Waals surface area contributed by atoms with Crippen LogP contribution in [0.2, 0.25) is 0 Å². The van der Waals surface area contributed by atoms with E-state index in [1.807, 2.05) is 6.07 Å². The molecule has 1 aromatic carbocycles. The van der Waals surface area contributed by atoms with Crippen molar-refractivity contribution in [2.45, 2.75) is 37.0 Å². The molecule has 202 valence electrons. The van der Waals surface area contributed by atoms with Crippen LogP contribution in [0.1, 0.15) is 52.0 Å². The van der Waals surface area contributed by atoms with Crippen LogP contribution in [-0.4, -0.2) is 47.7 Å². The van der Waals surface area contributed by atoms with Crippen molar-refractivity contribution < 1.29 is 22.4 Å². The molecule has 1 aliphatic rings. The van der Waals surface area contributed by atoms with Gasteiger partial charge in [0.05, 0.1) is 22.1 Å². The molecule has 0 spiro atoms. The molecule has 0 aliphatic heterocycles. The lowest BCUT2D eigenvalue weighted by Crippen LogP contribution is -2.40. The summed E-state index contributed by atoms with van der Waals surface area (Å²) in [7, 11) is -3.14. The van der Waals surface area contributed by atoms with Gasteiger partial charge in [-0.15, -0.1) is 0 Å². The average Bonchev–Trinajstić information content (AvgIpc) is 2.90. The van der Waals surface area contributed by atoms with Gasteiger partial charge in [0, 0.05) is 42.0 Å². The molecule has 1 aliphatic carbocycles. The number of hydrogen-bond donors (Lipinski definition) is 4. The molecule has 0 atom stereocenters. The van der Waals surface area contributed by atoms with E-state index in [2.05, 4.69) is 25.9 Å². The van der Waals surface area contributed by atoms with Crippen molar-refractivity contribution in [3.63, 3.8) is 0 Å². The number of rotatable bonds is 8. The molecule has 0 saturated heterocycles. The summed E-state index contributed by atoms with van der Waals surface area (Å²) in [5.41, 5.74) is 6.63. The van der Waals surface area contributed by atoms with Gasteiger partial charge >= 0.3 is 0 Å². The molecular formula is C26H26FN7O4S. The summed E-state index contributed by atoms with van der Waals surface area (Å²) in [5, 5.41) is 17.3. The van der Waals surface area contributed by atoms with Gasteiger partial charge in [-0.25, -0.2) is 22.8 Å². The summed E-state index contributed by atoms with van der Waals surface area (Å²) >= 11 is 0.